The van der Waals surface area contributed by atoms with Crippen molar-refractivity contribution in [2.24, 2.45) is 5.18 Å². The van der Waals surface area contributed by atoms with Crippen molar-refractivity contribution in [2.75, 3.05) is 0 Å². The smallest absolute Gasteiger partial charge is 0.232 e. The Morgan fingerprint density at radius 1 is 1.46 bits per heavy atom. The van der Waals surface area contributed by atoms with Gasteiger partial charge in [-0.25, -0.2) is 4.98 Å². The molecule has 0 aliphatic heterocycles. The predicted molar refractivity (Wildman–Crippen MR) is 39.7 cm³/mol. The molecule has 1 heterocycles. The minimum atomic E-state index is -4.52. The molecule has 0 N–H and O–H groups in total. The summed E-state index contributed by atoms with van der Waals surface area (Å²) < 4.78 is 36.0. The Balaban J connectivity index is 3.17. The Morgan fingerprint density at radius 3 is 2.46 bits per heavy atom. The van der Waals surface area contributed by atoms with Crippen LogP contribution in [0, 0.1) is 4.91 Å². The van der Waals surface area contributed by atoms with Crippen LogP contribution in [-0.4, -0.2) is 4.98 Å². The molecule has 0 saturated carbocycles. The van der Waals surface area contributed by atoms with Crippen molar-refractivity contribution in [2.45, 2.75) is 6.18 Å². The molecule has 0 bridgehead atoms. The molecule has 0 fully saturated rings. The van der Waals surface area contributed by atoms with Crippen LogP contribution in [0.15, 0.2) is 17.4 Å². The third-order valence-electron chi connectivity index (χ3n) is 1.24. The van der Waals surface area contributed by atoms with E-state index in [9.17, 15) is 18.1 Å². The number of alkyl halides is 3. The highest BCUT2D eigenvalue weighted by Crippen LogP contribution is 2.32. The van der Waals surface area contributed by atoms with Crippen LogP contribution in [0.2, 0.25) is 5.02 Å². The molecule has 3 nitrogen and oxygen atoms in total. The van der Waals surface area contributed by atoms with Crippen molar-refractivity contribution < 1.29 is 13.2 Å². The monoisotopic (exact) mass is 210 g/mol. The molecule has 13 heavy (non-hydrogen) atoms. The van der Waals surface area contributed by atoms with E-state index in [4.69, 9.17) is 11.6 Å². The second-order valence-electron chi connectivity index (χ2n) is 2.12. The summed E-state index contributed by atoms with van der Waals surface area (Å²) in [5, 5.41) is 1.92. The second-order valence-corrected chi connectivity index (χ2v) is 2.53. The van der Waals surface area contributed by atoms with Crippen LogP contribution in [0.4, 0.5) is 19.0 Å². The van der Waals surface area contributed by atoms with Crippen LogP contribution in [0.5, 0.6) is 0 Å². The summed E-state index contributed by atoms with van der Waals surface area (Å²) >= 11 is 5.28. The summed E-state index contributed by atoms with van der Waals surface area (Å²) in [6.45, 7) is 0. The Morgan fingerprint density at radius 2 is 2.08 bits per heavy atom. The number of aromatic nitrogens is 1. The Bertz CT molecular complexity index is 339. The summed E-state index contributed by atoms with van der Waals surface area (Å²) in [6, 6.07) is 0.602. The van der Waals surface area contributed by atoms with Crippen molar-refractivity contribution in [1.29, 1.82) is 0 Å². The van der Waals surface area contributed by atoms with Gasteiger partial charge in [-0.05, 0) is 11.2 Å². The van der Waals surface area contributed by atoms with Crippen molar-refractivity contribution in [3.05, 3.63) is 27.8 Å². The fraction of sp³-hybridized carbons (Fsp3) is 0.167. The molecule has 0 spiro atoms. The molecule has 7 heteroatoms. The highest BCUT2D eigenvalue weighted by molar-refractivity contribution is 6.32. The predicted octanol–water partition coefficient (Wildman–Crippen LogP) is 3.15. The normalized spacial score (nSPS) is 11.4. The number of hydrogen-bond acceptors (Lipinski definition) is 3. The van der Waals surface area contributed by atoms with Crippen molar-refractivity contribution in [3.63, 3.8) is 0 Å². The molecule has 0 radical (unpaired) electrons. The van der Waals surface area contributed by atoms with Gasteiger partial charge in [-0.15, -0.1) is 4.91 Å². The average Bonchev–Trinajstić information content (AvgIpc) is 2.02. The van der Waals surface area contributed by atoms with E-state index in [0.29, 0.717) is 12.3 Å². The number of hydrogen-bond donors (Lipinski definition) is 0. The summed E-state index contributed by atoms with van der Waals surface area (Å²) in [7, 11) is 0. The maximum absolute atomic E-state index is 12.0. The minimum absolute atomic E-state index is 0.412. The molecule has 0 saturated heterocycles. The summed E-state index contributed by atoms with van der Waals surface area (Å²) in [5.41, 5.74) is -1.01. The first-order chi connectivity index (χ1) is 5.95. The van der Waals surface area contributed by atoms with E-state index in [0.717, 1.165) is 0 Å². The van der Waals surface area contributed by atoms with E-state index in [2.05, 4.69) is 10.2 Å². The van der Waals surface area contributed by atoms with E-state index in [-0.39, 0.29) is 0 Å². The van der Waals surface area contributed by atoms with Gasteiger partial charge in [-0.3, -0.25) is 0 Å². The molecule has 0 unspecified atom stereocenters. The number of halogens is 4. The van der Waals surface area contributed by atoms with Gasteiger partial charge in [0, 0.05) is 6.20 Å². The third kappa shape index (κ3) is 2.15. The fourth-order valence-corrected chi connectivity index (χ4v) is 0.854. The maximum Gasteiger partial charge on any atom is 0.417 e. The van der Waals surface area contributed by atoms with E-state index in [1.165, 1.54) is 0 Å². The third-order valence-corrected chi connectivity index (χ3v) is 1.51. The zero-order valence-corrected chi connectivity index (χ0v) is 6.73. The molecule has 1 rings (SSSR count). The van der Waals surface area contributed by atoms with Gasteiger partial charge in [0.25, 0.3) is 0 Å². The second kappa shape index (κ2) is 3.29. The molecule has 0 aromatic carbocycles. The maximum atomic E-state index is 12.0. The summed E-state index contributed by atoms with van der Waals surface area (Å²) in [6.07, 6.45) is -4.01. The lowest BCUT2D eigenvalue weighted by Crippen LogP contribution is -2.05. The first-order valence-electron chi connectivity index (χ1n) is 3.01. The zero-order valence-electron chi connectivity index (χ0n) is 5.97. The molecular weight excluding hydrogens is 209 g/mol. The van der Waals surface area contributed by atoms with Gasteiger partial charge in [0.1, 0.15) is 0 Å². The Hall–Kier alpha value is -1.17. The van der Waals surface area contributed by atoms with Crippen molar-refractivity contribution >= 4 is 17.4 Å². The first-order valence-corrected chi connectivity index (χ1v) is 3.39. The fourth-order valence-electron chi connectivity index (χ4n) is 0.653. The standard InChI is InChI=1S/C6H2ClF3N2O/c7-4-1-3(6(8,9)10)2-11-5(4)12-13/h1-2H. The molecule has 0 amide bonds. The van der Waals surface area contributed by atoms with Gasteiger partial charge in [-0.2, -0.15) is 13.2 Å². The van der Waals surface area contributed by atoms with Crippen LogP contribution in [0.1, 0.15) is 5.56 Å². The quantitative estimate of drug-likeness (QED) is 0.668. The van der Waals surface area contributed by atoms with E-state index in [1.54, 1.807) is 0 Å². The largest absolute Gasteiger partial charge is 0.417 e. The van der Waals surface area contributed by atoms with Crippen LogP contribution in [-0.2, 0) is 6.18 Å². The lowest BCUT2D eigenvalue weighted by Gasteiger charge is -2.05. The molecule has 1 aromatic heterocycles. The Kier molecular flexibility index (Phi) is 2.51. The summed E-state index contributed by atoms with van der Waals surface area (Å²) in [5.74, 6) is -0.449. The molecule has 0 aliphatic rings. The number of nitrogens with zero attached hydrogens (tertiary/aromatic N) is 2. The van der Waals surface area contributed by atoms with Crippen LogP contribution >= 0.6 is 11.6 Å². The van der Waals surface area contributed by atoms with E-state index < -0.39 is 22.6 Å². The number of rotatable bonds is 1. The minimum Gasteiger partial charge on any atom is -0.232 e. The van der Waals surface area contributed by atoms with Gasteiger partial charge in [-0.1, -0.05) is 11.6 Å². The van der Waals surface area contributed by atoms with Crippen molar-refractivity contribution in [3.8, 4) is 0 Å². The highest BCUT2D eigenvalue weighted by Gasteiger charge is 2.31. The van der Waals surface area contributed by atoms with Crippen LogP contribution in [0.3, 0.4) is 0 Å². The highest BCUT2D eigenvalue weighted by atomic mass is 35.5. The molecule has 0 atom stereocenters. The van der Waals surface area contributed by atoms with Gasteiger partial charge >= 0.3 is 6.18 Å². The molecule has 1 aromatic rings. The van der Waals surface area contributed by atoms with E-state index in [1.807, 2.05) is 0 Å². The first kappa shape index (κ1) is 9.91. The Labute approximate surface area is 75.5 Å². The zero-order chi connectivity index (χ0) is 10.1. The molecule has 70 valence electrons. The van der Waals surface area contributed by atoms with Gasteiger partial charge < -0.3 is 0 Å². The lowest BCUT2D eigenvalue weighted by atomic mass is 10.3. The molecular formula is C6H2ClF3N2O. The average molecular weight is 211 g/mol. The van der Waals surface area contributed by atoms with Gasteiger partial charge in [0.2, 0.25) is 5.82 Å². The molecule has 0 aliphatic carbocycles. The van der Waals surface area contributed by atoms with Crippen LogP contribution < -0.4 is 0 Å². The van der Waals surface area contributed by atoms with Gasteiger partial charge in [0.05, 0.1) is 10.6 Å². The van der Waals surface area contributed by atoms with Crippen LogP contribution in [0.25, 0.3) is 0 Å². The topological polar surface area (TPSA) is 42.3 Å². The SMILES string of the molecule is O=Nc1ncc(C(F)(F)F)cc1Cl. The number of pyridine rings is 1. The van der Waals surface area contributed by atoms with E-state index >= 15 is 0 Å². The lowest BCUT2D eigenvalue weighted by molar-refractivity contribution is -0.137. The number of nitroso groups, excluding NO2 is 1. The van der Waals surface area contributed by atoms with Gasteiger partial charge in [0.15, 0.2) is 0 Å². The van der Waals surface area contributed by atoms with Crippen molar-refractivity contribution in [1.82, 2.24) is 4.98 Å². The summed E-state index contributed by atoms with van der Waals surface area (Å²) in [4.78, 5) is 13.0.